The minimum Gasteiger partial charge on any atom is -0.366 e. The van der Waals surface area contributed by atoms with Crippen LogP contribution >= 0.6 is 27.5 Å². The van der Waals surface area contributed by atoms with Gasteiger partial charge in [-0.2, -0.15) is 0 Å². The average molecular weight is 312 g/mol. The molecule has 1 aromatic heterocycles. The van der Waals surface area contributed by atoms with Crippen LogP contribution in [-0.4, -0.2) is 4.98 Å². The fourth-order valence-electron chi connectivity index (χ4n) is 1.43. The molecule has 4 heteroatoms. The number of halogens is 2. The summed E-state index contributed by atoms with van der Waals surface area (Å²) in [7, 11) is 0. The summed E-state index contributed by atoms with van der Waals surface area (Å²) in [6, 6.07) is 9.79. The number of benzene rings is 1. The molecule has 0 aliphatic carbocycles. The maximum absolute atomic E-state index is 5.83. The van der Waals surface area contributed by atoms with Crippen LogP contribution in [0.5, 0.6) is 0 Å². The van der Waals surface area contributed by atoms with Gasteiger partial charge in [-0.1, -0.05) is 23.7 Å². The van der Waals surface area contributed by atoms with E-state index in [1.165, 1.54) is 11.1 Å². The van der Waals surface area contributed by atoms with Crippen LogP contribution in [0.4, 0.5) is 5.82 Å². The summed E-state index contributed by atoms with van der Waals surface area (Å²) in [4.78, 5) is 4.29. The van der Waals surface area contributed by atoms with Gasteiger partial charge >= 0.3 is 0 Å². The lowest BCUT2D eigenvalue weighted by molar-refractivity contribution is 1.10. The standard InChI is InChI=1S/C13H12BrClN2/c1-9-6-13(17-8-12(9)14)16-7-10-2-4-11(15)5-3-10/h2-6,8H,7H2,1H3,(H,16,17). The Morgan fingerprint density at radius 3 is 2.65 bits per heavy atom. The quantitative estimate of drug-likeness (QED) is 0.907. The van der Waals surface area contributed by atoms with Gasteiger partial charge in [0.2, 0.25) is 0 Å². The van der Waals surface area contributed by atoms with Gasteiger partial charge in [-0.05, 0) is 52.2 Å². The highest BCUT2D eigenvalue weighted by Gasteiger charge is 1.99. The van der Waals surface area contributed by atoms with Gasteiger partial charge in [-0.15, -0.1) is 0 Å². The SMILES string of the molecule is Cc1cc(NCc2ccc(Cl)cc2)ncc1Br. The highest BCUT2D eigenvalue weighted by Crippen LogP contribution is 2.18. The number of hydrogen-bond donors (Lipinski definition) is 1. The predicted molar refractivity (Wildman–Crippen MR) is 75.5 cm³/mol. The number of pyridine rings is 1. The summed E-state index contributed by atoms with van der Waals surface area (Å²) in [6.45, 7) is 2.78. The molecule has 17 heavy (non-hydrogen) atoms. The van der Waals surface area contributed by atoms with Gasteiger partial charge in [-0.25, -0.2) is 4.98 Å². The van der Waals surface area contributed by atoms with E-state index in [4.69, 9.17) is 11.6 Å². The molecule has 0 radical (unpaired) electrons. The Balaban J connectivity index is 2.02. The Morgan fingerprint density at radius 1 is 1.29 bits per heavy atom. The molecule has 1 heterocycles. The molecule has 0 spiro atoms. The van der Waals surface area contributed by atoms with E-state index < -0.39 is 0 Å². The smallest absolute Gasteiger partial charge is 0.126 e. The van der Waals surface area contributed by atoms with Gasteiger partial charge in [0.1, 0.15) is 5.82 Å². The molecule has 0 amide bonds. The molecule has 1 aromatic carbocycles. The second-order valence-corrected chi connectivity index (χ2v) is 5.09. The van der Waals surface area contributed by atoms with E-state index in [9.17, 15) is 0 Å². The van der Waals surface area contributed by atoms with Crippen molar-refractivity contribution < 1.29 is 0 Å². The van der Waals surface area contributed by atoms with Crippen molar-refractivity contribution in [2.45, 2.75) is 13.5 Å². The molecule has 0 unspecified atom stereocenters. The van der Waals surface area contributed by atoms with Gasteiger partial charge in [-0.3, -0.25) is 0 Å². The summed E-state index contributed by atoms with van der Waals surface area (Å²) < 4.78 is 1.02. The second-order valence-electron chi connectivity index (χ2n) is 3.80. The Labute approximate surface area is 114 Å². The van der Waals surface area contributed by atoms with Crippen molar-refractivity contribution >= 4 is 33.3 Å². The lowest BCUT2D eigenvalue weighted by Gasteiger charge is -2.07. The molecule has 0 bridgehead atoms. The first kappa shape index (κ1) is 12.4. The highest BCUT2D eigenvalue weighted by atomic mass is 79.9. The molecule has 2 aromatic rings. The summed E-state index contributed by atoms with van der Waals surface area (Å²) in [5.74, 6) is 0.876. The Bertz CT molecular complexity index is 511. The molecule has 0 saturated heterocycles. The van der Waals surface area contributed by atoms with Crippen molar-refractivity contribution in [3.05, 3.63) is 57.2 Å². The molecular weight excluding hydrogens is 300 g/mol. The molecule has 0 aliphatic rings. The Morgan fingerprint density at radius 2 is 2.00 bits per heavy atom. The minimum atomic E-state index is 0.741. The van der Waals surface area contributed by atoms with Crippen LogP contribution in [0.15, 0.2) is 41.0 Å². The predicted octanol–water partition coefficient (Wildman–Crippen LogP) is 4.42. The monoisotopic (exact) mass is 310 g/mol. The lowest BCUT2D eigenvalue weighted by atomic mass is 10.2. The molecule has 88 valence electrons. The van der Waals surface area contributed by atoms with E-state index in [1.54, 1.807) is 6.20 Å². The van der Waals surface area contributed by atoms with E-state index in [2.05, 4.69) is 26.2 Å². The van der Waals surface area contributed by atoms with Gasteiger partial charge in [0.25, 0.3) is 0 Å². The first-order valence-corrected chi connectivity index (χ1v) is 6.43. The third-order valence-electron chi connectivity index (χ3n) is 2.43. The zero-order valence-electron chi connectivity index (χ0n) is 9.37. The van der Waals surface area contributed by atoms with E-state index in [0.29, 0.717) is 0 Å². The summed E-state index contributed by atoms with van der Waals surface area (Å²) in [6.07, 6.45) is 1.81. The zero-order valence-corrected chi connectivity index (χ0v) is 11.7. The van der Waals surface area contributed by atoms with Crippen molar-refractivity contribution in [1.82, 2.24) is 4.98 Å². The first-order valence-electron chi connectivity index (χ1n) is 5.25. The van der Waals surface area contributed by atoms with E-state index >= 15 is 0 Å². The summed E-state index contributed by atoms with van der Waals surface area (Å²) >= 11 is 9.26. The van der Waals surface area contributed by atoms with Crippen LogP contribution < -0.4 is 5.32 Å². The highest BCUT2D eigenvalue weighted by molar-refractivity contribution is 9.10. The molecule has 0 saturated carbocycles. The number of hydrogen-bond acceptors (Lipinski definition) is 2. The number of nitrogens with zero attached hydrogens (tertiary/aromatic N) is 1. The van der Waals surface area contributed by atoms with E-state index in [0.717, 1.165) is 21.9 Å². The first-order chi connectivity index (χ1) is 8.15. The molecule has 2 rings (SSSR count). The normalized spacial score (nSPS) is 10.3. The fraction of sp³-hybridized carbons (Fsp3) is 0.154. The molecule has 2 nitrogen and oxygen atoms in total. The average Bonchev–Trinajstić information content (AvgIpc) is 2.33. The van der Waals surface area contributed by atoms with Crippen LogP contribution in [0.3, 0.4) is 0 Å². The zero-order chi connectivity index (χ0) is 12.3. The number of anilines is 1. The largest absolute Gasteiger partial charge is 0.366 e. The van der Waals surface area contributed by atoms with Crippen molar-refractivity contribution in [2.75, 3.05) is 5.32 Å². The van der Waals surface area contributed by atoms with Crippen LogP contribution in [-0.2, 0) is 6.54 Å². The van der Waals surface area contributed by atoms with Crippen molar-refractivity contribution in [3.8, 4) is 0 Å². The van der Waals surface area contributed by atoms with Crippen LogP contribution in [0.2, 0.25) is 5.02 Å². The molecule has 1 N–H and O–H groups in total. The van der Waals surface area contributed by atoms with Crippen molar-refractivity contribution in [2.24, 2.45) is 0 Å². The third kappa shape index (κ3) is 3.45. The third-order valence-corrected chi connectivity index (χ3v) is 3.52. The minimum absolute atomic E-state index is 0.741. The lowest BCUT2D eigenvalue weighted by Crippen LogP contribution is -2.01. The van der Waals surface area contributed by atoms with Crippen molar-refractivity contribution in [1.29, 1.82) is 0 Å². The molecule has 0 fully saturated rings. The number of nitrogens with one attached hydrogen (secondary N) is 1. The summed E-state index contributed by atoms with van der Waals surface area (Å²) in [5, 5.41) is 4.03. The molecule has 0 aliphatic heterocycles. The number of aryl methyl sites for hydroxylation is 1. The summed E-state index contributed by atoms with van der Waals surface area (Å²) in [5.41, 5.74) is 2.34. The Kier molecular flexibility index (Phi) is 4.02. The van der Waals surface area contributed by atoms with E-state index in [-0.39, 0.29) is 0 Å². The topological polar surface area (TPSA) is 24.9 Å². The maximum atomic E-state index is 5.83. The number of aromatic nitrogens is 1. The second kappa shape index (κ2) is 5.52. The van der Waals surface area contributed by atoms with E-state index in [1.807, 2.05) is 37.3 Å². The fourth-order valence-corrected chi connectivity index (χ4v) is 1.77. The molecule has 0 atom stereocenters. The van der Waals surface area contributed by atoms with Crippen LogP contribution in [0.25, 0.3) is 0 Å². The van der Waals surface area contributed by atoms with Gasteiger partial charge in [0.15, 0.2) is 0 Å². The van der Waals surface area contributed by atoms with Crippen LogP contribution in [0.1, 0.15) is 11.1 Å². The van der Waals surface area contributed by atoms with Gasteiger partial charge < -0.3 is 5.32 Å². The number of rotatable bonds is 3. The van der Waals surface area contributed by atoms with Crippen molar-refractivity contribution in [3.63, 3.8) is 0 Å². The van der Waals surface area contributed by atoms with Gasteiger partial charge in [0.05, 0.1) is 0 Å². The Hall–Kier alpha value is -1.06. The molecular formula is C13H12BrClN2. The van der Waals surface area contributed by atoms with Gasteiger partial charge in [0, 0.05) is 22.2 Å². The maximum Gasteiger partial charge on any atom is 0.126 e. The van der Waals surface area contributed by atoms with Crippen LogP contribution in [0, 0.1) is 6.92 Å².